The Morgan fingerprint density at radius 3 is 2.06 bits per heavy atom. The van der Waals surface area contributed by atoms with Gasteiger partial charge >= 0.3 is 6.09 Å². The van der Waals surface area contributed by atoms with Gasteiger partial charge in [-0.15, -0.1) is 0 Å². The highest BCUT2D eigenvalue weighted by atomic mass is 16.5. The van der Waals surface area contributed by atoms with Crippen LogP contribution in [0.3, 0.4) is 0 Å². The van der Waals surface area contributed by atoms with E-state index in [1.807, 2.05) is 0 Å². The standard InChI is InChI=1S/C12H17NO5/c1-15-9-6-11(17-3)10(16-2)5-8(9)7-13-12(14)18-4/h5-6H,7H2,1-4H3,(H,13,14). The van der Waals surface area contributed by atoms with E-state index in [4.69, 9.17) is 14.2 Å². The number of carbonyl (C=O) groups excluding carboxylic acids is 1. The summed E-state index contributed by atoms with van der Waals surface area (Å²) >= 11 is 0. The molecule has 0 spiro atoms. The van der Waals surface area contributed by atoms with Crippen LogP contribution in [-0.4, -0.2) is 34.5 Å². The lowest BCUT2D eigenvalue weighted by Crippen LogP contribution is -2.22. The zero-order chi connectivity index (χ0) is 13.5. The van der Waals surface area contributed by atoms with Gasteiger partial charge in [0.2, 0.25) is 0 Å². The number of hydrogen-bond acceptors (Lipinski definition) is 5. The molecule has 0 saturated carbocycles. The van der Waals surface area contributed by atoms with Crippen LogP contribution in [0.2, 0.25) is 0 Å². The van der Waals surface area contributed by atoms with Crippen molar-refractivity contribution >= 4 is 6.09 Å². The Kier molecular flexibility index (Phi) is 5.10. The van der Waals surface area contributed by atoms with E-state index in [-0.39, 0.29) is 6.54 Å². The van der Waals surface area contributed by atoms with E-state index in [1.165, 1.54) is 7.11 Å². The van der Waals surface area contributed by atoms with Crippen molar-refractivity contribution in [2.45, 2.75) is 6.54 Å². The van der Waals surface area contributed by atoms with Gasteiger partial charge in [0.15, 0.2) is 11.5 Å². The first kappa shape index (κ1) is 14.0. The van der Waals surface area contributed by atoms with Crippen molar-refractivity contribution in [3.05, 3.63) is 17.7 Å². The molecule has 6 nitrogen and oxygen atoms in total. The number of carbonyl (C=O) groups is 1. The Hall–Kier alpha value is -2.11. The van der Waals surface area contributed by atoms with Gasteiger partial charge in [-0.1, -0.05) is 0 Å². The number of amides is 1. The first-order chi connectivity index (χ1) is 8.65. The molecular weight excluding hydrogens is 238 g/mol. The fourth-order valence-corrected chi connectivity index (χ4v) is 1.47. The third-order valence-corrected chi connectivity index (χ3v) is 2.40. The van der Waals surface area contributed by atoms with Crippen molar-refractivity contribution in [3.8, 4) is 17.2 Å². The second-order valence-corrected chi connectivity index (χ2v) is 3.36. The smallest absolute Gasteiger partial charge is 0.407 e. The lowest BCUT2D eigenvalue weighted by molar-refractivity contribution is 0.170. The summed E-state index contributed by atoms with van der Waals surface area (Å²) in [5.41, 5.74) is 0.764. The number of hydrogen-bond donors (Lipinski definition) is 1. The third kappa shape index (κ3) is 3.19. The molecule has 1 N–H and O–H groups in total. The molecule has 0 aliphatic heterocycles. The zero-order valence-corrected chi connectivity index (χ0v) is 10.9. The average Bonchev–Trinajstić information content (AvgIpc) is 2.43. The summed E-state index contributed by atoms with van der Waals surface area (Å²) in [4.78, 5) is 11.0. The maximum atomic E-state index is 11.0. The van der Waals surface area contributed by atoms with Crippen molar-refractivity contribution in [2.24, 2.45) is 0 Å². The lowest BCUT2D eigenvalue weighted by atomic mass is 10.1. The number of benzene rings is 1. The minimum atomic E-state index is -0.508. The van der Waals surface area contributed by atoms with Gasteiger partial charge in [-0.3, -0.25) is 0 Å². The van der Waals surface area contributed by atoms with Gasteiger partial charge in [0.1, 0.15) is 5.75 Å². The zero-order valence-electron chi connectivity index (χ0n) is 10.9. The van der Waals surface area contributed by atoms with Gasteiger partial charge in [0, 0.05) is 18.2 Å². The molecule has 0 aliphatic rings. The van der Waals surface area contributed by atoms with E-state index in [0.717, 1.165) is 5.56 Å². The van der Waals surface area contributed by atoms with E-state index in [2.05, 4.69) is 10.1 Å². The monoisotopic (exact) mass is 255 g/mol. The number of nitrogens with one attached hydrogen (secondary N) is 1. The fraction of sp³-hybridized carbons (Fsp3) is 0.417. The predicted octanol–water partition coefficient (Wildman–Crippen LogP) is 1.57. The molecular formula is C12H17NO5. The molecule has 0 unspecified atom stereocenters. The summed E-state index contributed by atoms with van der Waals surface area (Å²) in [6, 6.07) is 3.45. The molecule has 0 heterocycles. The van der Waals surface area contributed by atoms with Crippen LogP contribution in [0.4, 0.5) is 4.79 Å². The molecule has 1 amide bonds. The minimum Gasteiger partial charge on any atom is -0.496 e. The van der Waals surface area contributed by atoms with Crippen LogP contribution in [0.1, 0.15) is 5.56 Å². The maximum Gasteiger partial charge on any atom is 0.407 e. The van der Waals surface area contributed by atoms with Gasteiger partial charge in [0.25, 0.3) is 0 Å². The Morgan fingerprint density at radius 1 is 1.00 bits per heavy atom. The van der Waals surface area contributed by atoms with Crippen LogP contribution in [-0.2, 0) is 11.3 Å². The highest BCUT2D eigenvalue weighted by Crippen LogP contribution is 2.34. The summed E-state index contributed by atoms with van der Waals surface area (Å²) in [7, 11) is 5.94. The Labute approximate surface area is 106 Å². The molecule has 18 heavy (non-hydrogen) atoms. The number of ether oxygens (including phenoxy) is 4. The molecule has 0 aromatic heterocycles. The summed E-state index contributed by atoms with van der Waals surface area (Å²) in [5.74, 6) is 1.74. The van der Waals surface area contributed by atoms with Crippen LogP contribution in [0.5, 0.6) is 17.2 Å². The third-order valence-electron chi connectivity index (χ3n) is 2.40. The van der Waals surface area contributed by atoms with Crippen molar-refractivity contribution in [1.82, 2.24) is 5.32 Å². The predicted molar refractivity (Wildman–Crippen MR) is 65.3 cm³/mol. The summed E-state index contributed by atoms with van der Waals surface area (Å²) in [6.07, 6.45) is -0.508. The molecule has 0 saturated heterocycles. The van der Waals surface area contributed by atoms with Gasteiger partial charge in [-0.2, -0.15) is 0 Å². The second-order valence-electron chi connectivity index (χ2n) is 3.36. The molecule has 0 atom stereocenters. The second kappa shape index (κ2) is 6.58. The van der Waals surface area contributed by atoms with Gasteiger partial charge < -0.3 is 24.3 Å². The van der Waals surface area contributed by atoms with Crippen LogP contribution >= 0.6 is 0 Å². The Bertz CT molecular complexity index is 419. The molecule has 0 bridgehead atoms. The quantitative estimate of drug-likeness (QED) is 0.865. The molecule has 0 aliphatic carbocycles. The largest absolute Gasteiger partial charge is 0.496 e. The van der Waals surface area contributed by atoms with Crippen LogP contribution in [0, 0.1) is 0 Å². The first-order valence-corrected chi connectivity index (χ1v) is 5.27. The molecule has 1 aromatic rings. The van der Waals surface area contributed by atoms with Gasteiger partial charge in [-0.25, -0.2) is 4.79 Å². The summed E-state index contributed by atoms with van der Waals surface area (Å²) < 4.78 is 20.1. The summed E-state index contributed by atoms with van der Waals surface area (Å²) in [5, 5.41) is 2.57. The molecule has 100 valence electrons. The van der Waals surface area contributed by atoms with E-state index in [9.17, 15) is 4.79 Å². The Morgan fingerprint density at radius 2 is 1.56 bits per heavy atom. The highest BCUT2D eigenvalue weighted by Gasteiger charge is 2.12. The topological polar surface area (TPSA) is 66.0 Å². The van der Waals surface area contributed by atoms with Crippen molar-refractivity contribution < 1.29 is 23.7 Å². The van der Waals surface area contributed by atoms with Crippen LogP contribution < -0.4 is 19.5 Å². The van der Waals surface area contributed by atoms with Gasteiger partial charge in [-0.05, 0) is 6.07 Å². The van der Waals surface area contributed by atoms with Gasteiger partial charge in [0.05, 0.1) is 28.4 Å². The van der Waals surface area contributed by atoms with E-state index >= 15 is 0 Å². The van der Waals surface area contributed by atoms with E-state index in [1.54, 1.807) is 33.5 Å². The van der Waals surface area contributed by atoms with E-state index in [0.29, 0.717) is 17.2 Å². The summed E-state index contributed by atoms with van der Waals surface area (Å²) in [6.45, 7) is 0.274. The Balaban J connectivity index is 2.98. The normalized spacial score (nSPS) is 9.56. The van der Waals surface area contributed by atoms with Crippen LogP contribution in [0.25, 0.3) is 0 Å². The molecule has 0 radical (unpaired) electrons. The van der Waals surface area contributed by atoms with Crippen molar-refractivity contribution in [1.29, 1.82) is 0 Å². The average molecular weight is 255 g/mol. The van der Waals surface area contributed by atoms with Crippen molar-refractivity contribution in [2.75, 3.05) is 28.4 Å². The minimum absolute atomic E-state index is 0.274. The molecule has 0 fully saturated rings. The van der Waals surface area contributed by atoms with Crippen molar-refractivity contribution in [3.63, 3.8) is 0 Å². The van der Waals surface area contributed by atoms with E-state index < -0.39 is 6.09 Å². The first-order valence-electron chi connectivity index (χ1n) is 5.27. The maximum absolute atomic E-state index is 11.0. The van der Waals surface area contributed by atoms with Crippen LogP contribution in [0.15, 0.2) is 12.1 Å². The molecule has 1 rings (SSSR count). The highest BCUT2D eigenvalue weighted by molar-refractivity contribution is 5.67. The molecule has 6 heteroatoms. The SMILES string of the molecule is COC(=O)NCc1cc(OC)c(OC)cc1OC. The number of alkyl carbamates (subject to hydrolysis) is 1. The number of methoxy groups -OCH3 is 4. The lowest BCUT2D eigenvalue weighted by Gasteiger charge is -2.14. The number of rotatable bonds is 5. The fourth-order valence-electron chi connectivity index (χ4n) is 1.47. The molecule has 1 aromatic carbocycles.